The van der Waals surface area contributed by atoms with E-state index in [2.05, 4.69) is 0 Å². The predicted molar refractivity (Wildman–Crippen MR) is 84.0 cm³/mol. The van der Waals surface area contributed by atoms with E-state index < -0.39 is 17.5 Å². The van der Waals surface area contributed by atoms with Crippen molar-refractivity contribution in [2.24, 2.45) is 17.3 Å². The van der Waals surface area contributed by atoms with Crippen LogP contribution >= 0.6 is 0 Å². The van der Waals surface area contributed by atoms with Gasteiger partial charge >= 0.3 is 11.9 Å². The minimum Gasteiger partial charge on any atom is -0.472 e. The number of aliphatic hydroxyl groups is 1. The summed E-state index contributed by atoms with van der Waals surface area (Å²) in [6.45, 7) is 2.05. The molecule has 25 heavy (non-hydrogen) atoms. The molecule has 0 aromatic carbocycles. The van der Waals surface area contributed by atoms with Crippen LogP contribution in [0.1, 0.15) is 44.3 Å². The maximum atomic E-state index is 13.1. The monoisotopic (exact) mass is 344 g/mol. The second-order valence-electron chi connectivity index (χ2n) is 7.74. The highest BCUT2D eigenvalue weighted by Gasteiger charge is 2.64. The fraction of sp³-hybridized carbons (Fsp3) is 0.579. The van der Waals surface area contributed by atoms with Crippen LogP contribution in [0.2, 0.25) is 0 Å². The Hall–Kier alpha value is -2.08. The van der Waals surface area contributed by atoms with Gasteiger partial charge in [-0.15, -0.1) is 0 Å². The second kappa shape index (κ2) is 4.97. The van der Waals surface area contributed by atoms with Crippen molar-refractivity contribution in [2.45, 2.75) is 50.9 Å². The third kappa shape index (κ3) is 1.83. The normalized spacial score (nSPS) is 42.6. The highest BCUT2D eigenvalue weighted by atomic mass is 16.6. The van der Waals surface area contributed by atoms with E-state index in [1.165, 1.54) is 0 Å². The van der Waals surface area contributed by atoms with Crippen LogP contribution in [-0.4, -0.2) is 29.3 Å². The van der Waals surface area contributed by atoms with E-state index in [4.69, 9.17) is 13.9 Å². The van der Waals surface area contributed by atoms with Crippen LogP contribution in [0.15, 0.2) is 34.2 Å². The lowest BCUT2D eigenvalue weighted by molar-refractivity contribution is -0.156. The number of ether oxygens (including phenoxy) is 2. The minimum absolute atomic E-state index is 0.0399. The van der Waals surface area contributed by atoms with E-state index in [-0.39, 0.29) is 30.0 Å². The van der Waals surface area contributed by atoms with Gasteiger partial charge in [-0.25, -0.2) is 4.79 Å². The van der Waals surface area contributed by atoms with Crippen molar-refractivity contribution in [1.29, 1.82) is 0 Å². The summed E-state index contributed by atoms with van der Waals surface area (Å²) in [6, 6.07) is 1.82. The highest BCUT2D eigenvalue weighted by Crippen LogP contribution is 2.62. The predicted octanol–water partition coefficient (Wildman–Crippen LogP) is 2.29. The van der Waals surface area contributed by atoms with Crippen LogP contribution in [0.4, 0.5) is 0 Å². The molecule has 1 saturated carbocycles. The summed E-state index contributed by atoms with van der Waals surface area (Å²) < 4.78 is 16.4. The molecule has 2 aliphatic heterocycles. The fourth-order valence-corrected chi connectivity index (χ4v) is 5.50. The summed E-state index contributed by atoms with van der Waals surface area (Å²) >= 11 is 0. The van der Waals surface area contributed by atoms with Gasteiger partial charge in [-0.05, 0) is 36.8 Å². The lowest BCUT2D eigenvalue weighted by atomic mass is 9.53. The number of fused-ring (bicyclic) bond motifs is 1. The Kier molecular flexibility index (Phi) is 3.02. The number of carbonyl (C=O) groups excluding carboxylic acids is 2. The summed E-state index contributed by atoms with van der Waals surface area (Å²) in [7, 11) is 0. The fourth-order valence-electron chi connectivity index (χ4n) is 5.50. The first kappa shape index (κ1) is 15.2. The Morgan fingerprint density at radius 2 is 2.04 bits per heavy atom. The summed E-state index contributed by atoms with van der Waals surface area (Å²) in [5.74, 6) is -0.676. The van der Waals surface area contributed by atoms with Gasteiger partial charge in [0.05, 0.1) is 29.6 Å². The van der Waals surface area contributed by atoms with Gasteiger partial charge < -0.3 is 19.0 Å². The zero-order valence-electron chi connectivity index (χ0n) is 13.9. The Morgan fingerprint density at radius 3 is 2.80 bits per heavy atom. The average Bonchev–Trinajstić information content (AvgIpc) is 3.27. The van der Waals surface area contributed by atoms with Crippen molar-refractivity contribution in [3.8, 4) is 0 Å². The lowest BCUT2D eigenvalue weighted by Gasteiger charge is -2.47. The third-order valence-corrected chi connectivity index (χ3v) is 6.70. The van der Waals surface area contributed by atoms with E-state index in [1.807, 2.05) is 13.0 Å². The smallest absolute Gasteiger partial charge is 0.337 e. The standard InChI is InChI=1S/C19H20O6/c1-9-6-13-15-11(2-3-12(20)16(15)17(21)24-13)19(9)7-14(25-18(19)22)10-4-5-23-8-10/h4-5,8-9,11-14,20H,2-3,6-7H2,1H3/t9-,11+,12-,13-,14-,19-/m0/s1. The van der Waals surface area contributed by atoms with E-state index >= 15 is 0 Å². The molecule has 1 aromatic rings. The summed E-state index contributed by atoms with van der Waals surface area (Å²) in [5.41, 5.74) is 1.45. The average molecular weight is 344 g/mol. The van der Waals surface area contributed by atoms with E-state index in [0.717, 1.165) is 11.1 Å². The molecule has 6 atom stereocenters. The summed E-state index contributed by atoms with van der Waals surface area (Å²) in [4.78, 5) is 25.3. The molecule has 2 aliphatic carbocycles. The number of esters is 2. The number of cyclic esters (lactones) is 1. The first-order valence-corrected chi connectivity index (χ1v) is 8.88. The Morgan fingerprint density at radius 1 is 1.20 bits per heavy atom. The molecule has 6 nitrogen and oxygen atoms in total. The van der Waals surface area contributed by atoms with Crippen molar-refractivity contribution in [3.63, 3.8) is 0 Å². The molecule has 0 amide bonds. The first-order chi connectivity index (χ1) is 12.0. The summed E-state index contributed by atoms with van der Waals surface area (Å²) in [6.07, 6.45) is 4.11. The number of hydrogen-bond acceptors (Lipinski definition) is 6. The first-order valence-electron chi connectivity index (χ1n) is 8.88. The number of furan rings is 1. The Labute approximate surface area is 144 Å². The van der Waals surface area contributed by atoms with Gasteiger partial charge in [-0.1, -0.05) is 6.92 Å². The van der Waals surface area contributed by atoms with Gasteiger partial charge in [-0.3, -0.25) is 4.79 Å². The van der Waals surface area contributed by atoms with Crippen molar-refractivity contribution >= 4 is 11.9 Å². The SMILES string of the molecule is C[C@H]1C[C@@H]2OC(=O)C3=C2[C@@H](CC[C@@H]3O)[C@]12C[C@@H](c1ccoc1)OC2=O. The third-order valence-electron chi connectivity index (χ3n) is 6.70. The van der Waals surface area contributed by atoms with E-state index in [0.29, 0.717) is 31.3 Å². The molecule has 4 aliphatic rings. The zero-order chi connectivity index (χ0) is 17.3. The minimum atomic E-state index is -0.781. The van der Waals surface area contributed by atoms with Crippen molar-refractivity contribution in [3.05, 3.63) is 35.3 Å². The number of rotatable bonds is 1. The van der Waals surface area contributed by atoms with Gasteiger partial charge in [-0.2, -0.15) is 0 Å². The van der Waals surface area contributed by atoms with Gasteiger partial charge in [0.25, 0.3) is 0 Å². The molecule has 1 N–H and O–H groups in total. The van der Waals surface area contributed by atoms with Crippen LogP contribution in [0.3, 0.4) is 0 Å². The molecule has 1 spiro atoms. The quantitative estimate of drug-likeness (QED) is 0.787. The van der Waals surface area contributed by atoms with E-state index in [9.17, 15) is 14.7 Å². The molecule has 3 heterocycles. The molecule has 0 unspecified atom stereocenters. The lowest BCUT2D eigenvalue weighted by Crippen LogP contribution is -2.50. The molecule has 0 radical (unpaired) electrons. The van der Waals surface area contributed by atoms with Crippen molar-refractivity contribution in [2.75, 3.05) is 0 Å². The van der Waals surface area contributed by atoms with Gasteiger partial charge in [0.15, 0.2) is 0 Å². The van der Waals surface area contributed by atoms with E-state index in [1.54, 1.807) is 12.5 Å². The Bertz CT molecular complexity index is 778. The molecular formula is C19H20O6. The molecule has 1 saturated heterocycles. The highest BCUT2D eigenvalue weighted by molar-refractivity contribution is 5.95. The topological polar surface area (TPSA) is 86.0 Å². The van der Waals surface area contributed by atoms with Crippen LogP contribution in [0.5, 0.6) is 0 Å². The van der Waals surface area contributed by atoms with Gasteiger partial charge in [0, 0.05) is 17.9 Å². The number of hydrogen-bond donors (Lipinski definition) is 1. The maximum Gasteiger partial charge on any atom is 0.337 e. The number of carbonyl (C=O) groups is 2. The zero-order valence-corrected chi connectivity index (χ0v) is 13.9. The molecule has 6 heteroatoms. The van der Waals surface area contributed by atoms with Crippen LogP contribution in [-0.2, 0) is 19.1 Å². The maximum absolute atomic E-state index is 13.1. The molecular weight excluding hydrogens is 324 g/mol. The van der Waals surface area contributed by atoms with Crippen LogP contribution in [0.25, 0.3) is 0 Å². The number of aliphatic hydroxyl groups excluding tert-OH is 1. The Balaban J connectivity index is 1.61. The van der Waals surface area contributed by atoms with Gasteiger partial charge in [0.2, 0.25) is 0 Å². The van der Waals surface area contributed by atoms with Crippen molar-refractivity contribution in [1.82, 2.24) is 0 Å². The summed E-state index contributed by atoms with van der Waals surface area (Å²) in [5, 5.41) is 10.3. The molecule has 132 valence electrons. The van der Waals surface area contributed by atoms with Crippen LogP contribution in [0, 0.1) is 17.3 Å². The molecule has 5 rings (SSSR count). The van der Waals surface area contributed by atoms with Crippen LogP contribution < -0.4 is 0 Å². The van der Waals surface area contributed by atoms with Gasteiger partial charge in [0.1, 0.15) is 12.2 Å². The second-order valence-corrected chi connectivity index (χ2v) is 7.74. The molecule has 2 fully saturated rings. The molecule has 0 bridgehead atoms. The van der Waals surface area contributed by atoms with Crippen molar-refractivity contribution < 1.29 is 28.6 Å². The largest absolute Gasteiger partial charge is 0.472 e. The molecule has 1 aromatic heterocycles.